The quantitative estimate of drug-likeness (QED) is 0.854. The van der Waals surface area contributed by atoms with Crippen molar-refractivity contribution in [3.63, 3.8) is 0 Å². The minimum Gasteiger partial charge on any atom is -0.497 e. The zero-order chi connectivity index (χ0) is 15.6. The molecule has 7 nitrogen and oxygen atoms in total. The van der Waals surface area contributed by atoms with Gasteiger partial charge in [-0.2, -0.15) is 5.10 Å². The SMILES string of the molecule is COC(=O)c1n[nH]c(S(C)(=O)=O)c1-c1ccc(OC)cc1. The number of hydrogen-bond acceptors (Lipinski definition) is 6. The minimum atomic E-state index is -3.58. The van der Waals surface area contributed by atoms with E-state index in [9.17, 15) is 13.2 Å². The van der Waals surface area contributed by atoms with Crippen molar-refractivity contribution in [1.29, 1.82) is 0 Å². The van der Waals surface area contributed by atoms with E-state index in [0.29, 0.717) is 11.3 Å². The van der Waals surface area contributed by atoms with E-state index in [1.54, 1.807) is 24.3 Å². The van der Waals surface area contributed by atoms with Crippen LogP contribution in [0.15, 0.2) is 29.3 Å². The molecule has 0 aliphatic carbocycles. The van der Waals surface area contributed by atoms with Crippen molar-refractivity contribution in [3.05, 3.63) is 30.0 Å². The zero-order valence-corrected chi connectivity index (χ0v) is 12.5. The minimum absolute atomic E-state index is 0.0805. The van der Waals surface area contributed by atoms with Gasteiger partial charge in [0.25, 0.3) is 0 Å². The number of nitrogens with one attached hydrogen (secondary N) is 1. The van der Waals surface area contributed by atoms with Gasteiger partial charge in [-0.25, -0.2) is 13.2 Å². The molecule has 112 valence electrons. The number of carbonyl (C=O) groups is 1. The summed E-state index contributed by atoms with van der Waals surface area (Å²) in [6.45, 7) is 0. The molecule has 2 rings (SSSR count). The molecule has 0 fully saturated rings. The van der Waals surface area contributed by atoms with Gasteiger partial charge >= 0.3 is 5.97 Å². The standard InChI is InChI=1S/C13H14N2O5S/c1-19-9-6-4-8(5-7-9)10-11(13(16)20-2)14-15-12(10)21(3,17)18/h4-7H,1-3H3,(H,14,15). The Balaban J connectivity index is 2.68. The highest BCUT2D eigenvalue weighted by molar-refractivity contribution is 7.90. The van der Waals surface area contributed by atoms with Gasteiger partial charge in [0, 0.05) is 6.26 Å². The fraction of sp³-hybridized carbons (Fsp3) is 0.231. The van der Waals surface area contributed by atoms with Crippen molar-refractivity contribution in [2.75, 3.05) is 20.5 Å². The zero-order valence-electron chi connectivity index (χ0n) is 11.7. The van der Waals surface area contributed by atoms with Crippen LogP contribution in [-0.2, 0) is 14.6 Å². The molecule has 0 saturated heterocycles. The number of nitrogens with zero attached hydrogens (tertiary/aromatic N) is 1. The molecule has 1 aromatic heterocycles. The average Bonchev–Trinajstić information content (AvgIpc) is 2.91. The first-order chi connectivity index (χ1) is 9.88. The first-order valence-corrected chi connectivity index (χ1v) is 7.78. The third-order valence-electron chi connectivity index (χ3n) is 2.86. The molecule has 0 unspecified atom stereocenters. The number of sulfone groups is 1. The number of benzene rings is 1. The summed E-state index contributed by atoms with van der Waals surface area (Å²) in [5, 5.41) is 6.02. The van der Waals surface area contributed by atoms with Crippen LogP contribution in [0.1, 0.15) is 10.5 Å². The van der Waals surface area contributed by atoms with Crippen LogP contribution in [0, 0.1) is 0 Å². The monoisotopic (exact) mass is 310 g/mol. The van der Waals surface area contributed by atoms with Gasteiger partial charge < -0.3 is 9.47 Å². The van der Waals surface area contributed by atoms with Crippen molar-refractivity contribution in [2.45, 2.75) is 5.03 Å². The maximum Gasteiger partial charge on any atom is 0.359 e. The van der Waals surface area contributed by atoms with Crippen LogP contribution >= 0.6 is 0 Å². The van der Waals surface area contributed by atoms with Crippen LogP contribution in [0.3, 0.4) is 0 Å². The number of H-pyrrole nitrogens is 1. The molecule has 0 amide bonds. The van der Waals surface area contributed by atoms with E-state index in [2.05, 4.69) is 14.9 Å². The molecule has 8 heteroatoms. The normalized spacial score (nSPS) is 11.2. The molecule has 1 N–H and O–H groups in total. The van der Waals surface area contributed by atoms with Crippen LogP contribution in [0.5, 0.6) is 5.75 Å². The summed E-state index contributed by atoms with van der Waals surface area (Å²) in [6.07, 6.45) is 1.04. The largest absolute Gasteiger partial charge is 0.497 e. The number of methoxy groups -OCH3 is 2. The Kier molecular flexibility index (Phi) is 3.99. The highest BCUT2D eigenvalue weighted by Gasteiger charge is 2.26. The molecule has 0 spiro atoms. The Labute approximate surface area is 121 Å². The predicted molar refractivity (Wildman–Crippen MR) is 75.0 cm³/mol. The van der Waals surface area contributed by atoms with Crippen LogP contribution in [0.4, 0.5) is 0 Å². The molecule has 0 aliphatic heterocycles. The number of carbonyl (C=O) groups excluding carboxylic acids is 1. The van der Waals surface area contributed by atoms with Gasteiger partial charge in [-0.1, -0.05) is 12.1 Å². The Morgan fingerprint density at radius 1 is 1.19 bits per heavy atom. The second-order valence-corrected chi connectivity index (χ2v) is 6.22. The number of esters is 1. The van der Waals surface area contributed by atoms with E-state index in [0.717, 1.165) is 6.26 Å². The molecule has 2 aromatic rings. The number of aromatic amines is 1. The number of hydrogen-bond donors (Lipinski definition) is 1. The lowest BCUT2D eigenvalue weighted by Gasteiger charge is -2.05. The fourth-order valence-corrected chi connectivity index (χ4v) is 2.66. The predicted octanol–water partition coefficient (Wildman–Crippen LogP) is 1.28. The molecule has 0 saturated carbocycles. The lowest BCUT2D eigenvalue weighted by molar-refractivity contribution is 0.0595. The summed E-state index contributed by atoms with van der Waals surface area (Å²) >= 11 is 0. The van der Waals surface area contributed by atoms with E-state index in [1.165, 1.54) is 14.2 Å². The number of ether oxygens (including phenoxy) is 2. The summed E-state index contributed by atoms with van der Waals surface area (Å²) in [5.74, 6) is -0.102. The van der Waals surface area contributed by atoms with Gasteiger partial charge in [-0.3, -0.25) is 5.10 Å². The summed E-state index contributed by atoms with van der Waals surface area (Å²) in [7, 11) is -0.850. The summed E-state index contributed by atoms with van der Waals surface area (Å²) in [4.78, 5) is 11.7. The van der Waals surface area contributed by atoms with Gasteiger partial charge in [0.15, 0.2) is 20.6 Å². The van der Waals surface area contributed by atoms with Crippen LogP contribution in [0.25, 0.3) is 11.1 Å². The maximum atomic E-state index is 11.8. The lowest BCUT2D eigenvalue weighted by atomic mass is 10.1. The molecular weight excluding hydrogens is 296 g/mol. The maximum absolute atomic E-state index is 11.8. The molecule has 21 heavy (non-hydrogen) atoms. The fourth-order valence-electron chi connectivity index (χ4n) is 1.86. The summed E-state index contributed by atoms with van der Waals surface area (Å²) in [5.41, 5.74) is 0.625. The topological polar surface area (TPSA) is 98.4 Å². The molecule has 0 radical (unpaired) electrons. The van der Waals surface area contributed by atoms with E-state index in [4.69, 9.17) is 4.74 Å². The van der Waals surface area contributed by atoms with E-state index in [1.807, 2.05) is 0 Å². The van der Waals surface area contributed by atoms with Crippen molar-refractivity contribution < 1.29 is 22.7 Å². The molecular formula is C13H14N2O5S. The van der Waals surface area contributed by atoms with E-state index >= 15 is 0 Å². The van der Waals surface area contributed by atoms with Crippen molar-refractivity contribution in [3.8, 4) is 16.9 Å². The molecule has 1 heterocycles. The highest BCUT2D eigenvalue weighted by Crippen LogP contribution is 2.30. The first kappa shape index (κ1) is 15.0. The summed E-state index contributed by atoms with van der Waals surface area (Å²) in [6, 6.07) is 6.61. The van der Waals surface area contributed by atoms with E-state index < -0.39 is 15.8 Å². The van der Waals surface area contributed by atoms with Crippen LogP contribution in [0.2, 0.25) is 0 Å². The van der Waals surface area contributed by atoms with Gasteiger partial charge in [0.05, 0.1) is 19.8 Å². The van der Waals surface area contributed by atoms with Crippen molar-refractivity contribution >= 4 is 15.8 Å². The Bertz CT molecular complexity index is 762. The van der Waals surface area contributed by atoms with Gasteiger partial charge in [0.1, 0.15) is 5.75 Å². The third kappa shape index (κ3) is 2.89. The van der Waals surface area contributed by atoms with Gasteiger partial charge in [-0.15, -0.1) is 0 Å². The highest BCUT2D eigenvalue weighted by atomic mass is 32.2. The second-order valence-electron chi connectivity index (χ2n) is 4.27. The molecule has 0 bridgehead atoms. The van der Waals surface area contributed by atoms with Gasteiger partial charge in [-0.05, 0) is 17.7 Å². The third-order valence-corrected chi connectivity index (χ3v) is 3.90. The van der Waals surface area contributed by atoms with Crippen molar-refractivity contribution in [1.82, 2.24) is 10.2 Å². The Morgan fingerprint density at radius 3 is 2.29 bits per heavy atom. The van der Waals surface area contributed by atoms with Gasteiger partial charge in [0.2, 0.25) is 0 Å². The smallest absolute Gasteiger partial charge is 0.359 e. The van der Waals surface area contributed by atoms with Crippen molar-refractivity contribution in [2.24, 2.45) is 0 Å². The molecule has 1 aromatic carbocycles. The molecule has 0 aliphatic rings. The first-order valence-electron chi connectivity index (χ1n) is 5.89. The number of rotatable bonds is 4. The summed E-state index contributed by atoms with van der Waals surface area (Å²) < 4.78 is 33.3. The Morgan fingerprint density at radius 2 is 1.81 bits per heavy atom. The van der Waals surface area contributed by atoms with Crippen LogP contribution in [-0.4, -0.2) is 45.1 Å². The van der Waals surface area contributed by atoms with E-state index in [-0.39, 0.29) is 16.3 Å². The number of aromatic nitrogens is 2. The second kappa shape index (κ2) is 5.57. The average molecular weight is 310 g/mol. The lowest BCUT2D eigenvalue weighted by Crippen LogP contribution is -2.05. The Hall–Kier alpha value is -2.35. The molecule has 0 atom stereocenters. The van der Waals surface area contributed by atoms with Crippen LogP contribution < -0.4 is 4.74 Å².